The highest BCUT2D eigenvalue weighted by molar-refractivity contribution is 5.85. The van der Waals surface area contributed by atoms with Gasteiger partial charge in [-0.3, -0.25) is 4.98 Å². The lowest BCUT2D eigenvalue weighted by atomic mass is 10.3. The fourth-order valence-electron chi connectivity index (χ4n) is 1.49. The van der Waals surface area contributed by atoms with Crippen LogP contribution >= 0.6 is 24.8 Å². The van der Waals surface area contributed by atoms with E-state index in [2.05, 4.69) is 17.2 Å². The molecule has 1 aromatic rings. The van der Waals surface area contributed by atoms with Gasteiger partial charge in [-0.05, 0) is 13.0 Å². The molecule has 0 unspecified atom stereocenters. The molecule has 0 aliphatic heterocycles. The highest BCUT2D eigenvalue weighted by Crippen LogP contribution is 2.28. The molecule has 0 bridgehead atoms. The summed E-state index contributed by atoms with van der Waals surface area (Å²) in [4.78, 5) is 4.29. The van der Waals surface area contributed by atoms with Gasteiger partial charge in [0.15, 0.2) is 11.5 Å². The van der Waals surface area contributed by atoms with Crippen molar-refractivity contribution in [3.05, 3.63) is 18.0 Å². The third-order valence-corrected chi connectivity index (χ3v) is 2.37. The number of hydrogen-bond acceptors (Lipinski definition) is 4. The molecule has 1 heterocycles. The summed E-state index contributed by atoms with van der Waals surface area (Å²) in [5, 5.41) is 3.33. The lowest BCUT2D eigenvalue weighted by molar-refractivity contribution is 0.348. The van der Waals surface area contributed by atoms with Gasteiger partial charge < -0.3 is 14.8 Å². The minimum absolute atomic E-state index is 0. The third-order valence-electron chi connectivity index (χ3n) is 2.37. The molecule has 1 rings (SSSR count). The van der Waals surface area contributed by atoms with Crippen molar-refractivity contribution in [2.24, 2.45) is 0 Å². The summed E-state index contributed by atoms with van der Waals surface area (Å²) in [6, 6.07) is 1.80. The molecule has 0 aliphatic carbocycles. The fraction of sp³-hybridized carbons (Fsp3) is 0.583. The Balaban J connectivity index is 0. The Morgan fingerprint density at radius 2 is 1.94 bits per heavy atom. The van der Waals surface area contributed by atoms with Crippen molar-refractivity contribution in [1.29, 1.82) is 0 Å². The molecule has 0 aromatic carbocycles. The number of unbranched alkanes of at least 4 members (excludes halogenated alkanes) is 1. The van der Waals surface area contributed by atoms with Gasteiger partial charge in [-0.1, -0.05) is 13.3 Å². The number of rotatable bonds is 7. The van der Waals surface area contributed by atoms with E-state index in [1.807, 2.05) is 0 Å². The van der Waals surface area contributed by atoms with Crippen LogP contribution in [0.25, 0.3) is 0 Å². The molecule has 0 fully saturated rings. The number of pyridine rings is 1. The van der Waals surface area contributed by atoms with Crippen molar-refractivity contribution in [1.82, 2.24) is 10.3 Å². The van der Waals surface area contributed by atoms with Crippen molar-refractivity contribution >= 4 is 24.8 Å². The zero-order valence-corrected chi connectivity index (χ0v) is 12.7. The monoisotopic (exact) mass is 296 g/mol. The SMILES string of the molecule is CCCCNCc1nccc(OC)c1OC.Cl.Cl. The van der Waals surface area contributed by atoms with Gasteiger partial charge in [-0.2, -0.15) is 0 Å². The lowest BCUT2D eigenvalue weighted by Crippen LogP contribution is -2.16. The fourth-order valence-corrected chi connectivity index (χ4v) is 1.49. The van der Waals surface area contributed by atoms with E-state index in [0.717, 1.165) is 18.0 Å². The third kappa shape index (κ3) is 5.76. The van der Waals surface area contributed by atoms with Crippen LogP contribution in [0.3, 0.4) is 0 Å². The minimum atomic E-state index is 0. The van der Waals surface area contributed by atoms with Gasteiger partial charge in [-0.25, -0.2) is 0 Å². The van der Waals surface area contributed by atoms with Crippen LogP contribution in [-0.4, -0.2) is 25.7 Å². The zero-order valence-electron chi connectivity index (χ0n) is 11.1. The maximum atomic E-state index is 5.30. The Kier molecular flexibility index (Phi) is 12.4. The number of aromatic nitrogens is 1. The summed E-state index contributed by atoms with van der Waals surface area (Å²) in [6.07, 6.45) is 4.10. The maximum Gasteiger partial charge on any atom is 0.183 e. The van der Waals surface area contributed by atoms with Crippen molar-refractivity contribution < 1.29 is 9.47 Å². The van der Waals surface area contributed by atoms with Crippen molar-refractivity contribution in [2.45, 2.75) is 26.3 Å². The number of nitrogens with one attached hydrogen (secondary N) is 1. The van der Waals surface area contributed by atoms with Crippen molar-refractivity contribution in [3.63, 3.8) is 0 Å². The first-order chi connectivity index (χ1) is 7.83. The van der Waals surface area contributed by atoms with E-state index in [1.165, 1.54) is 12.8 Å². The Morgan fingerprint density at radius 1 is 1.22 bits per heavy atom. The molecular formula is C12H22Cl2N2O2. The maximum absolute atomic E-state index is 5.30. The van der Waals surface area contributed by atoms with Gasteiger partial charge in [0.2, 0.25) is 0 Å². The van der Waals surface area contributed by atoms with Gasteiger partial charge in [0.25, 0.3) is 0 Å². The average molecular weight is 297 g/mol. The molecule has 0 spiro atoms. The standard InChI is InChI=1S/C12H20N2O2.2ClH/c1-4-5-7-13-9-10-12(16-3)11(15-2)6-8-14-10;;/h6,8,13H,4-5,7,9H2,1-3H3;2*1H. The van der Waals surface area contributed by atoms with E-state index >= 15 is 0 Å². The van der Waals surface area contributed by atoms with Gasteiger partial charge in [0.1, 0.15) is 0 Å². The second kappa shape index (κ2) is 11.4. The summed E-state index contributed by atoms with van der Waals surface area (Å²) >= 11 is 0. The van der Waals surface area contributed by atoms with Crippen LogP contribution in [0.5, 0.6) is 11.5 Å². The van der Waals surface area contributed by atoms with E-state index < -0.39 is 0 Å². The predicted octanol–water partition coefficient (Wildman–Crippen LogP) is 2.83. The van der Waals surface area contributed by atoms with Crippen LogP contribution in [0.15, 0.2) is 12.3 Å². The normalized spacial score (nSPS) is 9.06. The Bertz CT molecular complexity index is 325. The van der Waals surface area contributed by atoms with E-state index in [0.29, 0.717) is 12.3 Å². The second-order valence-electron chi connectivity index (χ2n) is 3.52. The lowest BCUT2D eigenvalue weighted by Gasteiger charge is -2.11. The number of nitrogens with zero attached hydrogens (tertiary/aromatic N) is 1. The van der Waals surface area contributed by atoms with Crippen LogP contribution in [0, 0.1) is 0 Å². The van der Waals surface area contributed by atoms with Crippen molar-refractivity contribution in [2.75, 3.05) is 20.8 Å². The summed E-state index contributed by atoms with van der Waals surface area (Å²) in [5.74, 6) is 1.44. The highest BCUT2D eigenvalue weighted by Gasteiger charge is 2.09. The summed E-state index contributed by atoms with van der Waals surface area (Å²) in [7, 11) is 3.27. The summed E-state index contributed by atoms with van der Waals surface area (Å²) < 4.78 is 10.5. The Hall–Kier alpha value is -0.710. The second-order valence-corrected chi connectivity index (χ2v) is 3.52. The number of ether oxygens (including phenoxy) is 2. The highest BCUT2D eigenvalue weighted by atomic mass is 35.5. The number of hydrogen-bond donors (Lipinski definition) is 1. The Labute approximate surface area is 121 Å². The molecule has 1 aromatic heterocycles. The molecule has 0 saturated heterocycles. The summed E-state index contributed by atoms with van der Waals surface area (Å²) in [5.41, 5.74) is 0.887. The van der Waals surface area contributed by atoms with Gasteiger partial charge in [0, 0.05) is 18.8 Å². The van der Waals surface area contributed by atoms with E-state index in [4.69, 9.17) is 9.47 Å². The molecule has 0 atom stereocenters. The van der Waals surface area contributed by atoms with Crippen LogP contribution in [0.4, 0.5) is 0 Å². The first-order valence-corrected chi connectivity index (χ1v) is 5.60. The molecular weight excluding hydrogens is 275 g/mol. The molecule has 0 amide bonds. The molecule has 18 heavy (non-hydrogen) atoms. The molecule has 0 aliphatic rings. The van der Waals surface area contributed by atoms with E-state index in [-0.39, 0.29) is 24.8 Å². The van der Waals surface area contributed by atoms with Crippen molar-refractivity contribution in [3.8, 4) is 11.5 Å². The molecule has 6 heteroatoms. The van der Waals surface area contributed by atoms with Crippen LogP contribution in [0.2, 0.25) is 0 Å². The summed E-state index contributed by atoms with van der Waals surface area (Å²) in [6.45, 7) is 3.88. The molecule has 4 nitrogen and oxygen atoms in total. The smallest absolute Gasteiger partial charge is 0.183 e. The van der Waals surface area contributed by atoms with Crippen LogP contribution in [0.1, 0.15) is 25.5 Å². The zero-order chi connectivity index (χ0) is 11.8. The van der Waals surface area contributed by atoms with Gasteiger partial charge in [0.05, 0.1) is 19.9 Å². The van der Waals surface area contributed by atoms with Crippen LogP contribution in [-0.2, 0) is 6.54 Å². The van der Waals surface area contributed by atoms with Crippen LogP contribution < -0.4 is 14.8 Å². The molecule has 106 valence electrons. The molecule has 0 saturated carbocycles. The predicted molar refractivity (Wildman–Crippen MR) is 78.5 cm³/mol. The molecule has 1 N–H and O–H groups in total. The van der Waals surface area contributed by atoms with Gasteiger partial charge in [-0.15, -0.1) is 24.8 Å². The van der Waals surface area contributed by atoms with E-state index in [1.54, 1.807) is 26.5 Å². The Morgan fingerprint density at radius 3 is 2.50 bits per heavy atom. The van der Waals surface area contributed by atoms with E-state index in [9.17, 15) is 0 Å². The first-order valence-electron chi connectivity index (χ1n) is 5.60. The first kappa shape index (κ1) is 19.6. The van der Waals surface area contributed by atoms with Gasteiger partial charge >= 0.3 is 0 Å². The topological polar surface area (TPSA) is 43.4 Å². The molecule has 0 radical (unpaired) electrons. The average Bonchev–Trinajstić information content (AvgIpc) is 2.34. The minimum Gasteiger partial charge on any atom is -0.493 e. The largest absolute Gasteiger partial charge is 0.493 e. The number of methoxy groups -OCH3 is 2. The quantitative estimate of drug-likeness (QED) is 0.786. The number of halogens is 2.